The predicted octanol–water partition coefficient (Wildman–Crippen LogP) is 3.16. The first-order valence-corrected chi connectivity index (χ1v) is 11.8. The molecule has 1 amide bonds. The van der Waals surface area contributed by atoms with Crippen molar-refractivity contribution in [3.8, 4) is 11.4 Å². The van der Waals surface area contributed by atoms with Crippen LogP contribution in [0.2, 0.25) is 0 Å². The lowest BCUT2D eigenvalue weighted by Gasteiger charge is -2.28. The highest BCUT2D eigenvalue weighted by atomic mass is 32.1. The van der Waals surface area contributed by atoms with Gasteiger partial charge in [0.05, 0.1) is 40.1 Å². The summed E-state index contributed by atoms with van der Waals surface area (Å²) in [6.07, 6.45) is 3.63. The molecule has 0 atom stereocenters. The number of unbranched alkanes of at least 4 members (excludes halogenated alkanes) is 1. The van der Waals surface area contributed by atoms with Crippen molar-refractivity contribution in [3.63, 3.8) is 0 Å². The van der Waals surface area contributed by atoms with Crippen molar-refractivity contribution in [1.29, 1.82) is 0 Å². The Labute approximate surface area is 193 Å². The molecule has 0 spiro atoms. The summed E-state index contributed by atoms with van der Waals surface area (Å²) >= 11 is 1.64. The quantitative estimate of drug-likeness (QED) is 0.177. The Balaban J connectivity index is 1.45. The van der Waals surface area contributed by atoms with Crippen molar-refractivity contribution >= 4 is 49.2 Å². The minimum atomic E-state index is -0.359. The number of benzene rings is 1. The molecule has 0 saturated carbocycles. The molecule has 11 heteroatoms. The Morgan fingerprint density at radius 2 is 2.12 bits per heavy atom. The summed E-state index contributed by atoms with van der Waals surface area (Å²) in [6.45, 7) is 3.66. The van der Waals surface area contributed by atoms with Crippen LogP contribution in [-0.4, -0.2) is 64.1 Å². The van der Waals surface area contributed by atoms with E-state index in [0.29, 0.717) is 31.9 Å². The number of nitrogens with one attached hydrogen (secondary N) is 3. The van der Waals surface area contributed by atoms with Crippen LogP contribution in [0.15, 0.2) is 30.5 Å². The topological polar surface area (TPSA) is 128 Å². The number of ether oxygens (including phenoxy) is 1. The van der Waals surface area contributed by atoms with Gasteiger partial charge in [-0.05, 0) is 25.0 Å². The molecule has 0 unspecified atom stereocenters. The predicted molar refractivity (Wildman–Crippen MR) is 128 cm³/mol. The van der Waals surface area contributed by atoms with Gasteiger partial charge < -0.3 is 15.0 Å². The van der Waals surface area contributed by atoms with Gasteiger partial charge in [-0.25, -0.2) is 15.4 Å². The van der Waals surface area contributed by atoms with Gasteiger partial charge in [0.15, 0.2) is 11.6 Å². The average Bonchev–Trinajstić information content (AvgIpc) is 3.50. The van der Waals surface area contributed by atoms with Gasteiger partial charge in [0, 0.05) is 37.0 Å². The number of aromatic nitrogens is 4. The Kier molecular flexibility index (Phi) is 6.33. The fraction of sp³-hybridized carbons (Fsp3) is 0.364. The molecule has 33 heavy (non-hydrogen) atoms. The van der Waals surface area contributed by atoms with Crippen LogP contribution in [-0.2, 0) is 9.53 Å². The van der Waals surface area contributed by atoms with Crippen molar-refractivity contribution in [2.75, 3.05) is 43.1 Å². The minimum absolute atomic E-state index is 0.306. The fourth-order valence-electron chi connectivity index (χ4n) is 3.95. The van der Waals surface area contributed by atoms with Crippen molar-refractivity contribution in [1.82, 2.24) is 25.6 Å². The molecule has 172 valence electrons. The first-order valence-electron chi connectivity index (χ1n) is 11.0. The lowest BCUT2D eigenvalue weighted by molar-refractivity contribution is -0.129. The summed E-state index contributed by atoms with van der Waals surface area (Å²) in [5.74, 6) is 1.24. The monoisotopic (exact) mass is 467 g/mol. The van der Waals surface area contributed by atoms with Crippen LogP contribution in [0, 0.1) is 0 Å². The number of H-pyrrole nitrogens is 1. The third-order valence-electron chi connectivity index (χ3n) is 5.64. The third-order valence-corrected chi connectivity index (χ3v) is 6.72. The molecule has 1 aliphatic heterocycles. The second-order valence-corrected chi connectivity index (χ2v) is 8.90. The molecule has 1 saturated heterocycles. The number of morpholine rings is 1. The minimum Gasteiger partial charge on any atom is -0.378 e. The maximum Gasteiger partial charge on any atom is 0.243 e. The van der Waals surface area contributed by atoms with Gasteiger partial charge in [-0.2, -0.15) is 5.10 Å². The normalized spacial score (nSPS) is 14.2. The van der Waals surface area contributed by atoms with Gasteiger partial charge >= 0.3 is 0 Å². The first kappa shape index (κ1) is 21.6. The number of aromatic amines is 1. The smallest absolute Gasteiger partial charge is 0.243 e. The number of amides is 1. The van der Waals surface area contributed by atoms with E-state index < -0.39 is 0 Å². The Morgan fingerprint density at radius 1 is 1.24 bits per heavy atom. The van der Waals surface area contributed by atoms with Crippen LogP contribution in [0.5, 0.6) is 0 Å². The molecule has 1 aliphatic rings. The zero-order valence-electron chi connectivity index (χ0n) is 18.0. The highest BCUT2D eigenvalue weighted by molar-refractivity contribution is 7.23. The zero-order valence-corrected chi connectivity index (χ0v) is 18.8. The van der Waals surface area contributed by atoms with E-state index in [2.05, 4.69) is 26.5 Å². The molecule has 0 aliphatic carbocycles. The van der Waals surface area contributed by atoms with Crippen LogP contribution in [0.4, 0.5) is 10.8 Å². The number of fused-ring (bicyclic) bond motifs is 2. The van der Waals surface area contributed by atoms with Gasteiger partial charge in [0.1, 0.15) is 0 Å². The van der Waals surface area contributed by atoms with Crippen molar-refractivity contribution in [3.05, 3.63) is 30.5 Å². The van der Waals surface area contributed by atoms with Gasteiger partial charge in [-0.15, -0.1) is 11.3 Å². The zero-order chi connectivity index (χ0) is 22.6. The molecular formula is C22H25N7O3S. The van der Waals surface area contributed by atoms with E-state index in [1.54, 1.807) is 16.8 Å². The maximum atomic E-state index is 11.1. The first-order chi connectivity index (χ1) is 16.2. The number of carbonyl (C=O) groups is 1. The van der Waals surface area contributed by atoms with E-state index in [-0.39, 0.29) is 5.91 Å². The van der Waals surface area contributed by atoms with Gasteiger partial charge in [-0.3, -0.25) is 15.1 Å². The molecule has 3 aromatic heterocycles. The molecule has 1 fully saturated rings. The molecule has 4 heterocycles. The van der Waals surface area contributed by atoms with E-state index in [0.717, 1.165) is 63.6 Å². The second kappa shape index (κ2) is 9.69. The lowest BCUT2D eigenvalue weighted by atomic mass is 10.1. The van der Waals surface area contributed by atoms with Crippen LogP contribution >= 0.6 is 11.3 Å². The highest BCUT2D eigenvalue weighted by Gasteiger charge is 2.21. The van der Waals surface area contributed by atoms with E-state index >= 15 is 0 Å². The highest BCUT2D eigenvalue weighted by Crippen LogP contribution is 2.37. The van der Waals surface area contributed by atoms with Crippen molar-refractivity contribution in [2.24, 2.45) is 0 Å². The summed E-state index contributed by atoms with van der Waals surface area (Å²) in [5.41, 5.74) is 4.46. The van der Waals surface area contributed by atoms with E-state index in [9.17, 15) is 4.79 Å². The van der Waals surface area contributed by atoms with E-state index in [1.807, 2.05) is 24.4 Å². The van der Waals surface area contributed by atoms with Crippen molar-refractivity contribution < 1.29 is 14.7 Å². The fourth-order valence-corrected chi connectivity index (χ4v) is 4.99. The average molecular weight is 468 g/mol. The van der Waals surface area contributed by atoms with Gasteiger partial charge in [0.25, 0.3) is 0 Å². The molecular weight excluding hydrogens is 442 g/mol. The standard InChI is InChI=1S/C22H25N7O3S/c30-18(28-31)6-1-2-7-23-19-12-17-20(33-19)22(29-8-10-32-11-9-29)26-21(25-17)14-4-3-5-16-15(14)13-24-27-16/h3-5,12-13,23,31H,1-2,6-11H2,(H,24,27)(H,28,30). The second-order valence-electron chi connectivity index (χ2n) is 7.85. The number of carbonyl (C=O) groups excluding carboxylic acids is 1. The Morgan fingerprint density at radius 3 is 2.97 bits per heavy atom. The lowest BCUT2D eigenvalue weighted by Crippen LogP contribution is -2.36. The molecule has 1 aromatic carbocycles. The molecule has 0 radical (unpaired) electrons. The number of hydrogen-bond acceptors (Lipinski definition) is 9. The number of nitrogens with zero attached hydrogens (tertiary/aromatic N) is 4. The number of rotatable bonds is 8. The summed E-state index contributed by atoms with van der Waals surface area (Å²) in [4.78, 5) is 23.3. The van der Waals surface area contributed by atoms with Crippen LogP contribution < -0.4 is 15.7 Å². The summed E-state index contributed by atoms with van der Waals surface area (Å²) in [6, 6.07) is 8.06. The van der Waals surface area contributed by atoms with Gasteiger partial charge in [0.2, 0.25) is 5.91 Å². The van der Waals surface area contributed by atoms with Crippen LogP contribution in [0.25, 0.3) is 32.5 Å². The van der Waals surface area contributed by atoms with Crippen LogP contribution in [0.3, 0.4) is 0 Å². The molecule has 0 bridgehead atoms. The van der Waals surface area contributed by atoms with E-state index in [1.165, 1.54) is 0 Å². The molecule has 10 nitrogen and oxygen atoms in total. The van der Waals surface area contributed by atoms with Crippen LogP contribution in [0.1, 0.15) is 19.3 Å². The Hall–Kier alpha value is -3.28. The van der Waals surface area contributed by atoms with Crippen molar-refractivity contribution in [2.45, 2.75) is 19.3 Å². The summed E-state index contributed by atoms with van der Waals surface area (Å²) in [5, 5.41) is 21.2. The summed E-state index contributed by atoms with van der Waals surface area (Å²) in [7, 11) is 0. The largest absolute Gasteiger partial charge is 0.378 e. The molecule has 4 N–H and O–H groups in total. The Bertz CT molecular complexity index is 1270. The third kappa shape index (κ3) is 4.61. The summed E-state index contributed by atoms with van der Waals surface area (Å²) < 4.78 is 6.59. The molecule has 5 rings (SSSR count). The van der Waals surface area contributed by atoms with Gasteiger partial charge in [-0.1, -0.05) is 12.1 Å². The van der Waals surface area contributed by atoms with E-state index in [4.69, 9.17) is 19.9 Å². The SMILES string of the molecule is O=C(CCCCNc1cc2nc(-c3cccc4[nH]ncc34)nc(N3CCOCC3)c2s1)NO. The number of thiophene rings is 1. The maximum absolute atomic E-state index is 11.1. The number of anilines is 2. The molecule has 4 aromatic rings. The number of hydrogen-bond donors (Lipinski definition) is 4. The number of hydroxylamine groups is 1.